The Balaban J connectivity index is 2.31. The van der Waals surface area contributed by atoms with E-state index in [1.54, 1.807) is 0 Å². The van der Waals surface area contributed by atoms with Gasteiger partial charge in [0.25, 0.3) is 0 Å². The van der Waals surface area contributed by atoms with Gasteiger partial charge in [0.05, 0.1) is 5.71 Å². The molecule has 2 N–H and O–H groups in total. The van der Waals surface area contributed by atoms with Crippen LogP contribution in [0, 0.1) is 0 Å². The lowest BCUT2D eigenvalue weighted by Crippen LogP contribution is -2.42. The molecule has 116 valence electrons. The molecule has 1 aromatic carbocycles. The van der Waals surface area contributed by atoms with Gasteiger partial charge in [0.2, 0.25) is 0 Å². The fraction of sp³-hybridized carbons (Fsp3) is 0.471. The molecule has 4 heteroatoms. The zero-order chi connectivity index (χ0) is 15.7. The van der Waals surface area contributed by atoms with E-state index in [1.165, 1.54) is 0 Å². The van der Waals surface area contributed by atoms with Crippen molar-refractivity contribution in [2.75, 3.05) is 13.2 Å². The molecule has 0 saturated heterocycles. The van der Waals surface area contributed by atoms with Gasteiger partial charge in [0, 0.05) is 12.1 Å². The average molecular weight is 290 g/mol. The van der Waals surface area contributed by atoms with E-state index in [9.17, 15) is 5.11 Å². The molecular formula is C17H26N2O2. The van der Waals surface area contributed by atoms with Crippen molar-refractivity contribution < 1.29 is 9.94 Å². The van der Waals surface area contributed by atoms with Gasteiger partial charge in [-0.25, -0.2) is 0 Å². The van der Waals surface area contributed by atoms with Crippen molar-refractivity contribution in [1.29, 1.82) is 0 Å². The Kier molecular flexibility index (Phi) is 7.12. The molecule has 0 amide bonds. The van der Waals surface area contributed by atoms with Gasteiger partial charge in [-0.2, -0.15) is 0 Å². The van der Waals surface area contributed by atoms with Gasteiger partial charge >= 0.3 is 0 Å². The smallest absolute Gasteiger partial charge is 0.144 e. The van der Waals surface area contributed by atoms with Crippen molar-refractivity contribution in [2.24, 2.45) is 5.16 Å². The third-order valence-corrected chi connectivity index (χ3v) is 2.66. The van der Waals surface area contributed by atoms with E-state index < -0.39 is 6.10 Å². The highest BCUT2D eigenvalue weighted by Gasteiger charge is 2.12. The van der Waals surface area contributed by atoms with Crippen LogP contribution in [0.2, 0.25) is 0 Å². The van der Waals surface area contributed by atoms with Gasteiger partial charge in [-0.1, -0.05) is 41.6 Å². The van der Waals surface area contributed by atoms with Gasteiger partial charge in [-0.15, -0.1) is 0 Å². The molecule has 1 atom stereocenters. The number of oxime groups is 1. The van der Waals surface area contributed by atoms with Crippen molar-refractivity contribution in [3.63, 3.8) is 0 Å². The highest BCUT2D eigenvalue weighted by Crippen LogP contribution is 2.01. The number of β-amino-alcohol motifs (C(OH)–C–C–N with tert-alkyl or cyclic N) is 1. The van der Waals surface area contributed by atoms with Gasteiger partial charge in [0.1, 0.15) is 12.7 Å². The Labute approximate surface area is 127 Å². The molecule has 1 aromatic rings. The fourth-order valence-electron chi connectivity index (χ4n) is 1.52. The summed E-state index contributed by atoms with van der Waals surface area (Å²) in [5, 5.41) is 16.9. The number of allylic oxidation sites excluding steroid dienone is 1. The third kappa shape index (κ3) is 9.00. The molecule has 0 aliphatic heterocycles. The molecule has 4 nitrogen and oxygen atoms in total. The number of nitrogens with one attached hydrogen (secondary N) is 1. The van der Waals surface area contributed by atoms with Crippen LogP contribution in [0.5, 0.6) is 0 Å². The van der Waals surface area contributed by atoms with Crippen molar-refractivity contribution in [3.8, 4) is 0 Å². The molecule has 0 radical (unpaired) electrons. The number of aliphatic hydroxyl groups is 1. The summed E-state index contributed by atoms with van der Waals surface area (Å²) in [4.78, 5) is 5.16. The minimum Gasteiger partial charge on any atom is -0.393 e. The molecule has 21 heavy (non-hydrogen) atoms. The summed E-state index contributed by atoms with van der Waals surface area (Å²) in [5.41, 5.74) is 1.86. The monoisotopic (exact) mass is 290 g/mol. The van der Waals surface area contributed by atoms with Crippen LogP contribution in [0.3, 0.4) is 0 Å². The second-order valence-corrected chi connectivity index (χ2v) is 6.06. The Morgan fingerprint density at radius 1 is 1.33 bits per heavy atom. The molecule has 0 bridgehead atoms. The van der Waals surface area contributed by atoms with Crippen LogP contribution < -0.4 is 5.32 Å². The van der Waals surface area contributed by atoms with Gasteiger partial charge < -0.3 is 15.3 Å². The first-order chi connectivity index (χ1) is 9.87. The summed E-state index contributed by atoms with van der Waals surface area (Å²) in [6, 6.07) is 10.00. The average Bonchev–Trinajstić information content (AvgIpc) is 2.43. The third-order valence-electron chi connectivity index (χ3n) is 2.66. The summed E-state index contributed by atoms with van der Waals surface area (Å²) in [6.45, 7) is 8.68. The second-order valence-electron chi connectivity index (χ2n) is 6.06. The first-order valence-electron chi connectivity index (χ1n) is 7.19. The zero-order valence-corrected chi connectivity index (χ0v) is 13.3. The van der Waals surface area contributed by atoms with E-state index in [4.69, 9.17) is 4.84 Å². The predicted molar refractivity (Wildman–Crippen MR) is 88.3 cm³/mol. The normalized spacial score (nSPS) is 14.4. The van der Waals surface area contributed by atoms with Crippen LogP contribution in [0.1, 0.15) is 33.3 Å². The number of rotatable bonds is 7. The Bertz CT molecular complexity index is 461. The number of benzene rings is 1. The summed E-state index contributed by atoms with van der Waals surface area (Å²) >= 11 is 0. The van der Waals surface area contributed by atoms with Crippen molar-refractivity contribution in [3.05, 3.63) is 42.0 Å². The Morgan fingerprint density at radius 3 is 2.62 bits per heavy atom. The topological polar surface area (TPSA) is 53.9 Å². The van der Waals surface area contributed by atoms with Crippen LogP contribution >= 0.6 is 0 Å². The van der Waals surface area contributed by atoms with E-state index in [-0.39, 0.29) is 12.1 Å². The molecule has 0 spiro atoms. The van der Waals surface area contributed by atoms with E-state index >= 15 is 0 Å². The van der Waals surface area contributed by atoms with Gasteiger partial charge in [-0.3, -0.25) is 0 Å². The van der Waals surface area contributed by atoms with Crippen LogP contribution in [0.15, 0.2) is 41.6 Å². The highest BCUT2D eigenvalue weighted by molar-refractivity contribution is 5.95. The zero-order valence-electron chi connectivity index (χ0n) is 13.3. The van der Waals surface area contributed by atoms with E-state index in [0.29, 0.717) is 6.54 Å². The van der Waals surface area contributed by atoms with Crippen LogP contribution in [0.4, 0.5) is 0 Å². The van der Waals surface area contributed by atoms with E-state index in [1.807, 2.05) is 49.4 Å². The maximum Gasteiger partial charge on any atom is 0.144 e. The number of hydrogen-bond acceptors (Lipinski definition) is 4. The highest BCUT2D eigenvalue weighted by atomic mass is 16.6. The van der Waals surface area contributed by atoms with Gasteiger partial charge in [-0.05, 0) is 39.3 Å². The maximum absolute atomic E-state index is 9.76. The Hall–Kier alpha value is -1.65. The molecule has 1 unspecified atom stereocenters. The molecular weight excluding hydrogens is 264 g/mol. The first-order valence-corrected chi connectivity index (χ1v) is 7.19. The summed E-state index contributed by atoms with van der Waals surface area (Å²) in [6.07, 6.45) is 3.29. The maximum atomic E-state index is 9.76. The van der Waals surface area contributed by atoms with E-state index in [2.05, 4.69) is 31.2 Å². The first kappa shape index (κ1) is 17.4. The van der Waals surface area contributed by atoms with E-state index in [0.717, 1.165) is 11.3 Å². The minimum atomic E-state index is -0.570. The fourth-order valence-corrected chi connectivity index (χ4v) is 1.52. The van der Waals surface area contributed by atoms with Crippen LogP contribution in [-0.4, -0.2) is 35.6 Å². The molecule has 0 aliphatic rings. The van der Waals surface area contributed by atoms with Crippen molar-refractivity contribution in [2.45, 2.75) is 39.3 Å². The molecule has 1 rings (SSSR count). The predicted octanol–water partition coefficient (Wildman–Crippen LogP) is 2.84. The number of nitrogens with zero attached hydrogens (tertiary/aromatic N) is 1. The van der Waals surface area contributed by atoms with Crippen molar-refractivity contribution >= 4 is 11.8 Å². The number of aliphatic hydroxyl groups excluding tert-OH is 1. The SMILES string of the molecule is CC(/C=C/c1ccccc1)=N\OCC(O)CNC(C)(C)C. The molecule has 0 heterocycles. The Morgan fingerprint density at radius 2 is 2.00 bits per heavy atom. The molecule has 0 fully saturated rings. The summed E-state index contributed by atoms with van der Waals surface area (Å²) in [7, 11) is 0. The molecule has 0 aromatic heterocycles. The minimum absolute atomic E-state index is 0.0153. The van der Waals surface area contributed by atoms with Crippen LogP contribution in [0.25, 0.3) is 6.08 Å². The lowest BCUT2D eigenvalue weighted by molar-refractivity contribution is 0.0373. The largest absolute Gasteiger partial charge is 0.393 e. The standard InChI is InChI=1S/C17H26N2O2/c1-14(10-11-15-8-6-5-7-9-15)19-21-13-16(20)12-18-17(2,3)4/h5-11,16,18,20H,12-13H2,1-4H3/b11-10+,19-14+. The van der Waals surface area contributed by atoms with Crippen molar-refractivity contribution in [1.82, 2.24) is 5.32 Å². The summed E-state index contributed by atoms with van der Waals surface area (Å²) in [5.74, 6) is 0. The van der Waals surface area contributed by atoms with Crippen LogP contribution in [-0.2, 0) is 4.84 Å². The lowest BCUT2D eigenvalue weighted by atomic mass is 10.1. The second kappa shape index (κ2) is 8.60. The molecule has 0 aliphatic carbocycles. The quantitative estimate of drug-likeness (QED) is 0.600. The lowest BCUT2D eigenvalue weighted by Gasteiger charge is -2.22. The molecule has 0 saturated carbocycles. The number of hydrogen-bond donors (Lipinski definition) is 2. The summed E-state index contributed by atoms with van der Waals surface area (Å²) < 4.78 is 0. The van der Waals surface area contributed by atoms with Gasteiger partial charge in [0.15, 0.2) is 0 Å².